The molecule has 0 saturated carbocycles. The van der Waals surface area contributed by atoms with Gasteiger partial charge in [0.1, 0.15) is 5.82 Å². The molecule has 3 N–H and O–H groups in total. The topological polar surface area (TPSA) is 85.1 Å². The molecule has 0 unspecified atom stereocenters. The molecule has 5 nitrogen and oxygen atoms in total. The second kappa shape index (κ2) is 6.98. The lowest BCUT2D eigenvalue weighted by atomic mass is 10.1. The van der Waals surface area contributed by atoms with E-state index in [1.54, 1.807) is 18.3 Å². The summed E-state index contributed by atoms with van der Waals surface area (Å²) in [5.74, 6) is 0.741. The SMILES string of the molecule is NS(=O)(=O)Cc1ccc(CCNc2nccc3ccccc23)cc1. The maximum Gasteiger partial charge on any atom is 0.213 e. The second-order valence-electron chi connectivity index (χ2n) is 5.68. The molecule has 1 aromatic heterocycles. The van der Waals surface area contributed by atoms with Crippen LogP contribution in [0.5, 0.6) is 0 Å². The first-order chi connectivity index (χ1) is 11.5. The normalized spacial score (nSPS) is 11.5. The molecule has 3 aromatic rings. The molecule has 0 amide bonds. The fourth-order valence-corrected chi connectivity index (χ4v) is 3.28. The summed E-state index contributed by atoms with van der Waals surface area (Å²) in [6.07, 6.45) is 2.62. The molecule has 0 aliphatic heterocycles. The van der Waals surface area contributed by atoms with E-state index < -0.39 is 10.0 Å². The van der Waals surface area contributed by atoms with Crippen LogP contribution in [0.3, 0.4) is 0 Å². The molecule has 0 bridgehead atoms. The summed E-state index contributed by atoms with van der Waals surface area (Å²) in [6, 6.07) is 17.6. The average Bonchev–Trinajstić information content (AvgIpc) is 2.55. The van der Waals surface area contributed by atoms with E-state index in [-0.39, 0.29) is 5.75 Å². The summed E-state index contributed by atoms with van der Waals surface area (Å²) < 4.78 is 22.2. The van der Waals surface area contributed by atoms with Gasteiger partial charge in [0.2, 0.25) is 10.0 Å². The lowest BCUT2D eigenvalue weighted by Gasteiger charge is -2.09. The van der Waals surface area contributed by atoms with Gasteiger partial charge in [0, 0.05) is 18.1 Å². The molecule has 0 aliphatic rings. The maximum atomic E-state index is 11.1. The summed E-state index contributed by atoms with van der Waals surface area (Å²) in [7, 11) is -3.48. The van der Waals surface area contributed by atoms with Gasteiger partial charge in [-0.3, -0.25) is 0 Å². The van der Waals surface area contributed by atoms with Crippen molar-refractivity contribution in [3.63, 3.8) is 0 Å². The molecular weight excluding hydrogens is 322 g/mol. The van der Waals surface area contributed by atoms with Gasteiger partial charge in [-0.2, -0.15) is 0 Å². The van der Waals surface area contributed by atoms with Crippen LogP contribution < -0.4 is 10.5 Å². The van der Waals surface area contributed by atoms with Crippen molar-refractivity contribution >= 4 is 26.6 Å². The van der Waals surface area contributed by atoms with Crippen LogP contribution in [0.4, 0.5) is 5.82 Å². The van der Waals surface area contributed by atoms with Crippen molar-refractivity contribution in [2.24, 2.45) is 5.14 Å². The number of rotatable bonds is 6. The quantitative estimate of drug-likeness (QED) is 0.722. The van der Waals surface area contributed by atoms with Crippen LogP contribution in [-0.4, -0.2) is 19.9 Å². The van der Waals surface area contributed by atoms with Crippen molar-refractivity contribution in [3.05, 3.63) is 71.9 Å². The van der Waals surface area contributed by atoms with Gasteiger partial charge in [0.15, 0.2) is 0 Å². The summed E-state index contributed by atoms with van der Waals surface area (Å²) in [5.41, 5.74) is 1.82. The van der Waals surface area contributed by atoms with E-state index in [4.69, 9.17) is 5.14 Å². The minimum Gasteiger partial charge on any atom is -0.369 e. The molecule has 1 heterocycles. The standard InChI is InChI=1S/C18H19N3O2S/c19-24(22,23)13-15-7-5-14(6-8-15)9-11-20-18-17-4-2-1-3-16(17)10-12-21-18/h1-8,10,12H,9,11,13H2,(H,20,21)(H2,19,22,23). The van der Waals surface area contributed by atoms with Crippen molar-refractivity contribution in [3.8, 4) is 0 Å². The Bertz CT molecular complexity index is 933. The largest absolute Gasteiger partial charge is 0.369 e. The molecule has 24 heavy (non-hydrogen) atoms. The zero-order valence-corrected chi connectivity index (χ0v) is 14.0. The van der Waals surface area contributed by atoms with Crippen molar-refractivity contribution in [1.29, 1.82) is 0 Å². The van der Waals surface area contributed by atoms with Crippen molar-refractivity contribution in [1.82, 2.24) is 4.98 Å². The van der Waals surface area contributed by atoms with Crippen molar-refractivity contribution < 1.29 is 8.42 Å². The van der Waals surface area contributed by atoms with Gasteiger partial charge in [-0.05, 0) is 29.0 Å². The Kier molecular flexibility index (Phi) is 4.78. The number of nitrogens with one attached hydrogen (secondary N) is 1. The first-order valence-electron chi connectivity index (χ1n) is 7.67. The van der Waals surface area contributed by atoms with E-state index >= 15 is 0 Å². The van der Waals surface area contributed by atoms with Crippen LogP contribution in [0.15, 0.2) is 60.8 Å². The zero-order valence-electron chi connectivity index (χ0n) is 13.1. The van der Waals surface area contributed by atoms with Crippen molar-refractivity contribution in [2.75, 3.05) is 11.9 Å². The van der Waals surface area contributed by atoms with E-state index in [1.165, 1.54) is 0 Å². The van der Waals surface area contributed by atoms with E-state index in [1.807, 2.05) is 36.4 Å². The lowest BCUT2D eigenvalue weighted by molar-refractivity contribution is 0.597. The van der Waals surface area contributed by atoms with Crippen molar-refractivity contribution in [2.45, 2.75) is 12.2 Å². The van der Waals surface area contributed by atoms with E-state index in [2.05, 4.69) is 16.4 Å². The third kappa shape index (κ3) is 4.31. The number of aromatic nitrogens is 1. The van der Waals surface area contributed by atoms with Gasteiger partial charge in [-0.1, -0.05) is 48.5 Å². The summed E-state index contributed by atoms with van der Waals surface area (Å²) in [4.78, 5) is 4.40. The highest BCUT2D eigenvalue weighted by Crippen LogP contribution is 2.20. The minimum absolute atomic E-state index is 0.133. The van der Waals surface area contributed by atoms with Crippen LogP contribution in [0.1, 0.15) is 11.1 Å². The summed E-state index contributed by atoms with van der Waals surface area (Å²) in [6.45, 7) is 0.746. The van der Waals surface area contributed by atoms with Gasteiger partial charge >= 0.3 is 0 Å². The number of fused-ring (bicyclic) bond motifs is 1. The van der Waals surface area contributed by atoms with Crippen LogP contribution in [0, 0.1) is 0 Å². The smallest absolute Gasteiger partial charge is 0.213 e. The number of anilines is 1. The first-order valence-corrected chi connectivity index (χ1v) is 9.39. The highest BCUT2D eigenvalue weighted by molar-refractivity contribution is 7.88. The van der Waals surface area contributed by atoms with Crippen LogP contribution in [-0.2, 0) is 22.2 Å². The van der Waals surface area contributed by atoms with Gasteiger partial charge < -0.3 is 5.32 Å². The van der Waals surface area contributed by atoms with Gasteiger partial charge in [0.05, 0.1) is 5.75 Å². The van der Waals surface area contributed by atoms with Gasteiger partial charge in [-0.25, -0.2) is 18.5 Å². The molecule has 0 radical (unpaired) electrons. The highest BCUT2D eigenvalue weighted by atomic mass is 32.2. The maximum absolute atomic E-state index is 11.1. The number of hydrogen-bond donors (Lipinski definition) is 2. The molecular formula is C18H19N3O2S. The Hall–Kier alpha value is -2.44. The predicted molar refractivity (Wildman–Crippen MR) is 97.2 cm³/mol. The molecule has 0 aliphatic carbocycles. The molecule has 6 heteroatoms. The number of pyridine rings is 1. The number of sulfonamides is 1. The summed E-state index contributed by atoms with van der Waals surface area (Å²) >= 11 is 0. The average molecular weight is 341 g/mol. The molecule has 0 fully saturated rings. The number of nitrogens with zero attached hydrogens (tertiary/aromatic N) is 1. The van der Waals surface area contributed by atoms with Crippen LogP contribution in [0.25, 0.3) is 10.8 Å². The molecule has 3 rings (SSSR count). The van der Waals surface area contributed by atoms with Crippen LogP contribution >= 0.6 is 0 Å². The number of nitrogens with two attached hydrogens (primary N) is 1. The Balaban J connectivity index is 1.62. The van der Waals surface area contributed by atoms with Gasteiger partial charge in [-0.15, -0.1) is 0 Å². The third-order valence-corrected chi connectivity index (χ3v) is 4.51. The third-order valence-electron chi connectivity index (χ3n) is 3.77. The van der Waals surface area contributed by atoms with Crippen LogP contribution in [0.2, 0.25) is 0 Å². The molecule has 0 spiro atoms. The van der Waals surface area contributed by atoms with E-state index in [0.29, 0.717) is 5.56 Å². The molecule has 2 aromatic carbocycles. The van der Waals surface area contributed by atoms with E-state index in [9.17, 15) is 8.42 Å². The Morgan fingerprint density at radius 1 is 0.958 bits per heavy atom. The monoisotopic (exact) mass is 341 g/mol. The predicted octanol–water partition coefficient (Wildman–Crippen LogP) is 2.68. The number of benzene rings is 2. The zero-order chi connectivity index (χ0) is 17.0. The van der Waals surface area contributed by atoms with E-state index in [0.717, 1.165) is 35.1 Å². The molecule has 124 valence electrons. The fourth-order valence-electron chi connectivity index (χ4n) is 2.62. The fraction of sp³-hybridized carbons (Fsp3) is 0.167. The second-order valence-corrected chi connectivity index (χ2v) is 7.30. The number of hydrogen-bond acceptors (Lipinski definition) is 4. The lowest BCUT2D eigenvalue weighted by Crippen LogP contribution is -2.14. The molecule has 0 atom stereocenters. The Morgan fingerprint density at radius 3 is 2.42 bits per heavy atom. The minimum atomic E-state index is -3.48. The van der Waals surface area contributed by atoms with Gasteiger partial charge in [0.25, 0.3) is 0 Å². The number of primary sulfonamides is 1. The molecule has 0 saturated heterocycles. The first kappa shape index (κ1) is 16.4. The summed E-state index contributed by atoms with van der Waals surface area (Å²) in [5, 5.41) is 10.7. The Morgan fingerprint density at radius 2 is 1.67 bits per heavy atom. The highest BCUT2D eigenvalue weighted by Gasteiger charge is 2.05. The Labute approximate surface area is 141 Å².